The van der Waals surface area contributed by atoms with E-state index in [2.05, 4.69) is 40.3 Å². The number of rotatable bonds is 3. The van der Waals surface area contributed by atoms with Crippen molar-refractivity contribution < 1.29 is 0 Å². The van der Waals surface area contributed by atoms with Crippen molar-refractivity contribution in [1.29, 1.82) is 0 Å². The summed E-state index contributed by atoms with van der Waals surface area (Å²) in [6, 6.07) is 12.5. The molecule has 17 heavy (non-hydrogen) atoms. The Bertz CT molecular complexity index is 586. The first-order valence-electron chi connectivity index (χ1n) is 5.29. The molecule has 2 nitrogen and oxygen atoms in total. The number of nitrogens with zero attached hydrogens (tertiary/aromatic N) is 2. The monoisotopic (exact) mass is 258 g/mol. The zero-order valence-corrected chi connectivity index (χ0v) is 10.7. The van der Waals surface area contributed by atoms with Crippen LogP contribution >= 0.6 is 23.1 Å². The largest absolute Gasteiger partial charge is 0.231 e. The first-order chi connectivity index (χ1) is 8.42. The summed E-state index contributed by atoms with van der Waals surface area (Å²) >= 11 is 3.52. The van der Waals surface area contributed by atoms with Crippen LogP contribution in [0.4, 0.5) is 0 Å². The van der Waals surface area contributed by atoms with Crippen LogP contribution in [-0.4, -0.2) is 9.97 Å². The van der Waals surface area contributed by atoms with Gasteiger partial charge in [-0.05, 0) is 23.6 Å². The van der Waals surface area contributed by atoms with E-state index in [9.17, 15) is 0 Å². The minimum absolute atomic E-state index is 0.838. The topological polar surface area (TPSA) is 25.8 Å². The Hall–Kier alpha value is -1.39. The lowest BCUT2D eigenvalue weighted by Gasteiger charge is -1.95. The van der Waals surface area contributed by atoms with Gasteiger partial charge in [-0.3, -0.25) is 0 Å². The number of benzene rings is 1. The maximum Gasteiger partial charge on any atom is 0.187 e. The molecule has 0 spiro atoms. The molecule has 3 aromatic rings. The minimum Gasteiger partial charge on any atom is -0.231 e. The van der Waals surface area contributed by atoms with Gasteiger partial charge in [0.05, 0.1) is 0 Å². The highest BCUT2D eigenvalue weighted by atomic mass is 32.2. The lowest BCUT2D eigenvalue weighted by Crippen LogP contribution is -1.83. The van der Waals surface area contributed by atoms with E-state index in [1.165, 1.54) is 15.0 Å². The Morgan fingerprint density at radius 2 is 1.88 bits per heavy atom. The van der Waals surface area contributed by atoms with Gasteiger partial charge in [0, 0.05) is 27.7 Å². The number of thioether (sulfide) groups is 1. The van der Waals surface area contributed by atoms with Crippen LogP contribution in [0, 0.1) is 0 Å². The Balaban J connectivity index is 1.77. The molecule has 0 aliphatic heterocycles. The van der Waals surface area contributed by atoms with Gasteiger partial charge in [-0.1, -0.05) is 30.0 Å². The first-order valence-corrected chi connectivity index (χ1v) is 7.09. The van der Waals surface area contributed by atoms with Crippen molar-refractivity contribution in [2.45, 2.75) is 10.9 Å². The SMILES string of the molecule is c1cnc(SCc2cc3ccccc3s2)nc1. The van der Waals surface area contributed by atoms with Crippen molar-refractivity contribution in [3.05, 3.63) is 53.7 Å². The first kappa shape index (κ1) is 10.7. The molecule has 4 heteroatoms. The predicted octanol–water partition coefficient (Wildman–Crippen LogP) is 3.98. The van der Waals surface area contributed by atoms with Crippen molar-refractivity contribution in [1.82, 2.24) is 9.97 Å². The van der Waals surface area contributed by atoms with Gasteiger partial charge in [-0.25, -0.2) is 9.97 Å². The van der Waals surface area contributed by atoms with Crippen molar-refractivity contribution in [3.8, 4) is 0 Å². The lowest BCUT2D eigenvalue weighted by atomic mass is 10.2. The van der Waals surface area contributed by atoms with Gasteiger partial charge in [-0.15, -0.1) is 11.3 Å². The molecule has 0 N–H and O–H groups in total. The summed E-state index contributed by atoms with van der Waals surface area (Å²) in [6.45, 7) is 0. The standard InChI is InChI=1S/C13H10N2S2/c1-2-5-12-10(4-1)8-11(17-12)9-16-13-14-6-3-7-15-13/h1-8H,9H2. The molecule has 0 atom stereocenters. The van der Waals surface area contributed by atoms with E-state index in [0.717, 1.165) is 10.9 Å². The van der Waals surface area contributed by atoms with E-state index in [1.54, 1.807) is 24.2 Å². The third kappa shape index (κ3) is 2.48. The number of hydrogen-bond donors (Lipinski definition) is 0. The van der Waals surface area contributed by atoms with Crippen LogP contribution < -0.4 is 0 Å². The Morgan fingerprint density at radius 1 is 1.06 bits per heavy atom. The summed E-state index contributed by atoms with van der Waals surface area (Å²) in [5.41, 5.74) is 0. The number of hydrogen-bond acceptors (Lipinski definition) is 4. The average molecular weight is 258 g/mol. The lowest BCUT2D eigenvalue weighted by molar-refractivity contribution is 0.967. The zero-order chi connectivity index (χ0) is 11.5. The Kier molecular flexibility index (Phi) is 3.07. The third-order valence-corrected chi connectivity index (χ3v) is 4.59. The third-order valence-electron chi connectivity index (χ3n) is 2.36. The summed E-state index contributed by atoms with van der Waals surface area (Å²) in [5, 5.41) is 2.16. The van der Waals surface area contributed by atoms with Gasteiger partial charge in [0.15, 0.2) is 5.16 Å². The van der Waals surface area contributed by atoms with Crippen LogP contribution in [0.3, 0.4) is 0 Å². The molecule has 0 radical (unpaired) electrons. The van der Waals surface area contributed by atoms with E-state index in [-0.39, 0.29) is 0 Å². The summed E-state index contributed by atoms with van der Waals surface area (Å²) in [7, 11) is 0. The normalized spacial score (nSPS) is 10.8. The van der Waals surface area contributed by atoms with Gasteiger partial charge >= 0.3 is 0 Å². The molecular weight excluding hydrogens is 248 g/mol. The number of thiophene rings is 1. The van der Waals surface area contributed by atoms with E-state index in [0.29, 0.717) is 0 Å². The quantitative estimate of drug-likeness (QED) is 0.525. The second-order valence-corrected chi connectivity index (χ2v) is 5.68. The van der Waals surface area contributed by atoms with Gasteiger partial charge in [0.2, 0.25) is 0 Å². The molecule has 0 bridgehead atoms. The van der Waals surface area contributed by atoms with Crippen molar-refractivity contribution >= 4 is 33.2 Å². The summed E-state index contributed by atoms with van der Waals surface area (Å²) in [4.78, 5) is 9.77. The van der Waals surface area contributed by atoms with Crippen LogP contribution in [0.1, 0.15) is 4.88 Å². The smallest absolute Gasteiger partial charge is 0.187 e. The second kappa shape index (κ2) is 4.85. The average Bonchev–Trinajstić information content (AvgIpc) is 2.80. The maximum absolute atomic E-state index is 4.20. The highest BCUT2D eigenvalue weighted by Crippen LogP contribution is 2.29. The molecule has 0 unspecified atom stereocenters. The van der Waals surface area contributed by atoms with E-state index in [4.69, 9.17) is 0 Å². The van der Waals surface area contributed by atoms with Crippen LogP contribution in [0.5, 0.6) is 0 Å². The highest BCUT2D eigenvalue weighted by molar-refractivity contribution is 7.98. The highest BCUT2D eigenvalue weighted by Gasteiger charge is 2.02. The zero-order valence-electron chi connectivity index (χ0n) is 9.04. The summed E-state index contributed by atoms with van der Waals surface area (Å²) in [6.07, 6.45) is 3.56. The van der Waals surface area contributed by atoms with Crippen molar-refractivity contribution in [2.24, 2.45) is 0 Å². The number of fused-ring (bicyclic) bond motifs is 1. The predicted molar refractivity (Wildman–Crippen MR) is 73.4 cm³/mol. The Labute approximate surface area is 108 Å². The molecule has 0 aliphatic rings. The Morgan fingerprint density at radius 3 is 2.71 bits per heavy atom. The molecule has 0 fully saturated rings. The van der Waals surface area contributed by atoms with E-state index < -0.39 is 0 Å². The van der Waals surface area contributed by atoms with E-state index >= 15 is 0 Å². The summed E-state index contributed by atoms with van der Waals surface area (Å²) < 4.78 is 1.34. The molecule has 84 valence electrons. The van der Waals surface area contributed by atoms with Crippen molar-refractivity contribution in [2.75, 3.05) is 0 Å². The molecule has 2 aromatic heterocycles. The van der Waals surface area contributed by atoms with E-state index in [1.807, 2.05) is 17.4 Å². The van der Waals surface area contributed by atoms with Crippen LogP contribution in [0.25, 0.3) is 10.1 Å². The van der Waals surface area contributed by atoms with Crippen LogP contribution in [-0.2, 0) is 5.75 Å². The fraction of sp³-hybridized carbons (Fsp3) is 0.0769. The maximum atomic E-state index is 4.20. The van der Waals surface area contributed by atoms with Gasteiger partial charge in [0.1, 0.15) is 0 Å². The van der Waals surface area contributed by atoms with Gasteiger partial charge in [-0.2, -0.15) is 0 Å². The molecule has 0 aliphatic carbocycles. The minimum atomic E-state index is 0.838. The number of aromatic nitrogens is 2. The van der Waals surface area contributed by atoms with Crippen molar-refractivity contribution in [3.63, 3.8) is 0 Å². The van der Waals surface area contributed by atoms with Gasteiger partial charge < -0.3 is 0 Å². The molecular formula is C13H10N2S2. The summed E-state index contributed by atoms with van der Waals surface area (Å²) in [5.74, 6) is 0.934. The molecule has 2 heterocycles. The fourth-order valence-corrected chi connectivity index (χ4v) is 3.50. The second-order valence-electron chi connectivity index (χ2n) is 3.57. The molecule has 3 rings (SSSR count). The molecule has 0 amide bonds. The van der Waals surface area contributed by atoms with Crippen LogP contribution in [0.2, 0.25) is 0 Å². The fourth-order valence-electron chi connectivity index (χ4n) is 1.60. The van der Waals surface area contributed by atoms with Crippen LogP contribution in [0.15, 0.2) is 53.9 Å². The molecule has 1 aromatic carbocycles. The van der Waals surface area contributed by atoms with Gasteiger partial charge in [0.25, 0.3) is 0 Å². The molecule has 0 saturated heterocycles. The molecule has 0 saturated carbocycles.